The Morgan fingerprint density at radius 2 is 1.58 bits per heavy atom. The summed E-state index contributed by atoms with van der Waals surface area (Å²) in [6.07, 6.45) is 2.78. The Bertz CT molecular complexity index is 1050. The van der Waals surface area contributed by atoms with Gasteiger partial charge in [0.05, 0.1) is 7.11 Å². The molecule has 0 bridgehead atoms. The summed E-state index contributed by atoms with van der Waals surface area (Å²) in [5.74, 6) is -0.693. The van der Waals surface area contributed by atoms with Crippen LogP contribution in [0.3, 0.4) is 0 Å². The standard InChI is InChI=1S/C24H27NO5S/c1-29-23(26)24(13-17-30-18-14-24)31(27,28)25-15-11-22(12-16-25)21-9-7-20(8-10-21)19-5-3-2-4-6-19/h2-11H,12-18H2,1H3. The van der Waals surface area contributed by atoms with Gasteiger partial charge in [-0.25, -0.2) is 8.42 Å². The summed E-state index contributed by atoms with van der Waals surface area (Å²) >= 11 is 0. The molecule has 4 rings (SSSR count). The van der Waals surface area contributed by atoms with Crippen LogP contribution in [-0.4, -0.2) is 56.9 Å². The number of ether oxygens (including phenoxy) is 2. The smallest absolute Gasteiger partial charge is 0.328 e. The van der Waals surface area contributed by atoms with Crippen molar-refractivity contribution in [3.63, 3.8) is 0 Å². The number of rotatable bonds is 5. The number of nitrogens with zero attached hydrogens (tertiary/aromatic N) is 1. The molecule has 0 atom stereocenters. The third-order valence-electron chi connectivity index (χ3n) is 6.23. The van der Waals surface area contributed by atoms with Gasteiger partial charge in [0.1, 0.15) is 0 Å². The molecule has 0 amide bonds. The van der Waals surface area contributed by atoms with Gasteiger partial charge in [0.2, 0.25) is 10.0 Å². The van der Waals surface area contributed by atoms with E-state index in [1.165, 1.54) is 11.4 Å². The fraction of sp³-hybridized carbons (Fsp3) is 0.375. The molecule has 7 heteroatoms. The number of hydrogen-bond donors (Lipinski definition) is 0. The summed E-state index contributed by atoms with van der Waals surface area (Å²) < 4.78 is 37.0. The second kappa shape index (κ2) is 8.94. The molecule has 2 aromatic carbocycles. The van der Waals surface area contributed by atoms with Gasteiger partial charge in [-0.2, -0.15) is 4.31 Å². The largest absolute Gasteiger partial charge is 0.468 e. The molecule has 0 spiro atoms. The van der Waals surface area contributed by atoms with Crippen molar-refractivity contribution in [3.05, 3.63) is 66.2 Å². The first-order valence-electron chi connectivity index (χ1n) is 10.5. The fourth-order valence-electron chi connectivity index (χ4n) is 4.34. The van der Waals surface area contributed by atoms with Crippen LogP contribution in [0.5, 0.6) is 0 Å². The Morgan fingerprint density at radius 3 is 2.16 bits per heavy atom. The summed E-state index contributed by atoms with van der Waals surface area (Å²) in [7, 11) is -2.63. The molecule has 2 aromatic rings. The Balaban J connectivity index is 1.52. The molecular weight excluding hydrogens is 414 g/mol. The van der Waals surface area contributed by atoms with Crippen molar-refractivity contribution in [1.29, 1.82) is 0 Å². The third-order valence-corrected chi connectivity index (χ3v) is 8.80. The van der Waals surface area contributed by atoms with Gasteiger partial charge in [-0.05, 0) is 28.7 Å². The van der Waals surface area contributed by atoms with Gasteiger partial charge in [-0.1, -0.05) is 60.7 Å². The summed E-state index contributed by atoms with van der Waals surface area (Å²) in [5, 5.41) is 0. The van der Waals surface area contributed by atoms with Crippen LogP contribution < -0.4 is 0 Å². The molecule has 2 aliphatic heterocycles. The molecule has 1 saturated heterocycles. The van der Waals surface area contributed by atoms with Gasteiger partial charge in [-0.15, -0.1) is 0 Å². The molecular formula is C24H27NO5S. The lowest BCUT2D eigenvalue weighted by Crippen LogP contribution is -2.57. The van der Waals surface area contributed by atoms with E-state index in [0.717, 1.165) is 22.3 Å². The highest BCUT2D eigenvalue weighted by Gasteiger charge is 2.55. The van der Waals surface area contributed by atoms with Crippen LogP contribution in [0.2, 0.25) is 0 Å². The molecule has 0 radical (unpaired) electrons. The van der Waals surface area contributed by atoms with Gasteiger partial charge in [0.25, 0.3) is 0 Å². The minimum atomic E-state index is -3.87. The van der Waals surface area contributed by atoms with Crippen LogP contribution >= 0.6 is 0 Å². The molecule has 164 valence electrons. The number of benzene rings is 2. The highest BCUT2D eigenvalue weighted by Crippen LogP contribution is 2.36. The molecule has 0 saturated carbocycles. The summed E-state index contributed by atoms with van der Waals surface area (Å²) in [6.45, 7) is 1.06. The first kappa shape index (κ1) is 21.7. The van der Waals surface area contributed by atoms with Gasteiger partial charge < -0.3 is 9.47 Å². The van der Waals surface area contributed by atoms with E-state index in [1.54, 1.807) is 0 Å². The molecule has 6 nitrogen and oxygen atoms in total. The minimum absolute atomic E-state index is 0.121. The van der Waals surface area contributed by atoms with Gasteiger partial charge >= 0.3 is 5.97 Å². The highest BCUT2D eigenvalue weighted by molar-refractivity contribution is 7.91. The zero-order chi connectivity index (χ0) is 21.9. The van der Waals surface area contributed by atoms with Crippen LogP contribution in [0.4, 0.5) is 0 Å². The maximum absolute atomic E-state index is 13.4. The molecule has 0 aliphatic carbocycles. The average Bonchev–Trinajstić information content (AvgIpc) is 2.84. The summed E-state index contributed by atoms with van der Waals surface area (Å²) in [6, 6.07) is 18.5. The number of sulfonamides is 1. The molecule has 0 unspecified atom stereocenters. The van der Waals surface area contributed by atoms with Gasteiger partial charge in [0, 0.05) is 39.1 Å². The topological polar surface area (TPSA) is 72.9 Å². The van der Waals surface area contributed by atoms with E-state index >= 15 is 0 Å². The maximum Gasteiger partial charge on any atom is 0.328 e. The van der Waals surface area contributed by atoms with Crippen molar-refractivity contribution in [1.82, 2.24) is 4.31 Å². The van der Waals surface area contributed by atoms with E-state index in [9.17, 15) is 13.2 Å². The molecule has 0 aromatic heterocycles. The summed E-state index contributed by atoms with van der Waals surface area (Å²) in [5.41, 5.74) is 4.51. The van der Waals surface area contributed by atoms with Crippen molar-refractivity contribution in [2.75, 3.05) is 33.4 Å². The first-order chi connectivity index (χ1) is 15.0. The minimum Gasteiger partial charge on any atom is -0.468 e. The van der Waals surface area contributed by atoms with E-state index in [2.05, 4.69) is 36.4 Å². The molecule has 31 heavy (non-hydrogen) atoms. The van der Waals surface area contributed by atoms with Gasteiger partial charge in [0.15, 0.2) is 4.75 Å². The normalized spacial score (nSPS) is 19.5. The van der Waals surface area contributed by atoms with Crippen LogP contribution in [0.15, 0.2) is 60.7 Å². The van der Waals surface area contributed by atoms with Crippen molar-refractivity contribution in [3.8, 4) is 11.1 Å². The highest BCUT2D eigenvalue weighted by atomic mass is 32.2. The lowest BCUT2D eigenvalue weighted by atomic mass is 9.97. The number of hydrogen-bond acceptors (Lipinski definition) is 5. The van der Waals surface area contributed by atoms with E-state index in [-0.39, 0.29) is 32.6 Å². The van der Waals surface area contributed by atoms with Crippen LogP contribution in [0.1, 0.15) is 24.8 Å². The molecule has 2 heterocycles. The molecule has 2 aliphatic rings. The zero-order valence-corrected chi connectivity index (χ0v) is 18.4. The quantitative estimate of drug-likeness (QED) is 0.664. The monoisotopic (exact) mass is 441 g/mol. The van der Waals surface area contributed by atoms with Crippen LogP contribution in [0, 0.1) is 0 Å². The van der Waals surface area contributed by atoms with Crippen LogP contribution in [0.25, 0.3) is 16.7 Å². The fourth-order valence-corrected chi connectivity index (χ4v) is 6.41. The number of esters is 1. The Morgan fingerprint density at radius 1 is 0.968 bits per heavy atom. The second-order valence-corrected chi connectivity index (χ2v) is 10.1. The van der Waals surface area contributed by atoms with E-state index in [0.29, 0.717) is 13.0 Å². The zero-order valence-electron chi connectivity index (χ0n) is 17.6. The molecule has 0 N–H and O–H groups in total. The number of methoxy groups -OCH3 is 1. The van der Waals surface area contributed by atoms with Crippen molar-refractivity contribution < 1.29 is 22.7 Å². The Hall–Kier alpha value is -2.48. The van der Waals surface area contributed by atoms with Crippen molar-refractivity contribution >= 4 is 21.6 Å². The second-order valence-electron chi connectivity index (χ2n) is 7.88. The SMILES string of the molecule is COC(=O)C1(S(=O)(=O)N2CC=C(c3ccc(-c4ccccc4)cc3)CC2)CCOCC1. The first-order valence-corrected chi connectivity index (χ1v) is 11.9. The number of carbonyl (C=O) groups excluding carboxylic acids is 1. The third kappa shape index (κ3) is 4.05. The Kier molecular flexibility index (Phi) is 6.27. The van der Waals surface area contributed by atoms with E-state index in [4.69, 9.17) is 9.47 Å². The van der Waals surface area contributed by atoms with Crippen molar-refractivity contribution in [2.24, 2.45) is 0 Å². The summed E-state index contributed by atoms with van der Waals surface area (Å²) in [4.78, 5) is 12.5. The maximum atomic E-state index is 13.4. The lowest BCUT2D eigenvalue weighted by Gasteiger charge is -2.38. The van der Waals surface area contributed by atoms with Crippen LogP contribution in [-0.2, 0) is 24.3 Å². The Labute approximate surface area is 183 Å². The van der Waals surface area contributed by atoms with Gasteiger partial charge in [-0.3, -0.25) is 4.79 Å². The average molecular weight is 442 g/mol. The predicted octanol–water partition coefficient (Wildman–Crippen LogP) is 3.49. The molecule has 1 fully saturated rings. The van der Waals surface area contributed by atoms with Crippen molar-refractivity contribution in [2.45, 2.75) is 24.0 Å². The van der Waals surface area contributed by atoms with E-state index in [1.807, 2.05) is 24.3 Å². The number of carbonyl (C=O) groups is 1. The predicted molar refractivity (Wildman–Crippen MR) is 120 cm³/mol. The lowest BCUT2D eigenvalue weighted by molar-refractivity contribution is -0.146. The van der Waals surface area contributed by atoms with E-state index < -0.39 is 20.7 Å².